The lowest BCUT2D eigenvalue weighted by Gasteiger charge is -2.23. The molecule has 1 fully saturated rings. The minimum absolute atomic E-state index is 0.138. The van der Waals surface area contributed by atoms with Gasteiger partial charge in [-0.1, -0.05) is 54.8 Å². The number of carbonyl (C=O) groups excluding carboxylic acids is 1. The first-order valence-corrected chi connectivity index (χ1v) is 11.4. The van der Waals surface area contributed by atoms with Gasteiger partial charge in [0.1, 0.15) is 0 Å². The van der Waals surface area contributed by atoms with Crippen LogP contribution in [0.1, 0.15) is 31.2 Å². The van der Waals surface area contributed by atoms with E-state index in [1.807, 2.05) is 30.3 Å². The lowest BCUT2D eigenvalue weighted by molar-refractivity contribution is -0.122. The summed E-state index contributed by atoms with van der Waals surface area (Å²) in [6.45, 7) is 0.0430. The number of nitrogens with one attached hydrogen (secondary N) is 1. The molecule has 0 bridgehead atoms. The van der Waals surface area contributed by atoms with Gasteiger partial charge in [-0.2, -0.15) is 4.31 Å². The van der Waals surface area contributed by atoms with Crippen LogP contribution in [0.5, 0.6) is 0 Å². The number of carbonyl (C=O) groups is 1. The summed E-state index contributed by atoms with van der Waals surface area (Å²) in [4.78, 5) is 12.7. The van der Waals surface area contributed by atoms with Crippen molar-refractivity contribution >= 4 is 27.5 Å². The molecule has 7 heteroatoms. The van der Waals surface area contributed by atoms with E-state index in [0.29, 0.717) is 11.4 Å². The van der Waals surface area contributed by atoms with Gasteiger partial charge in [0, 0.05) is 17.6 Å². The Morgan fingerprint density at radius 2 is 1.68 bits per heavy atom. The molecule has 28 heavy (non-hydrogen) atoms. The van der Waals surface area contributed by atoms with Crippen LogP contribution < -0.4 is 5.32 Å². The molecule has 0 saturated heterocycles. The van der Waals surface area contributed by atoms with Crippen LogP contribution >= 0.6 is 11.6 Å². The third-order valence-corrected chi connectivity index (χ3v) is 7.10. The molecule has 2 aromatic rings. The van der Waals surface area contributed by atoms with Gasteiger partial charge in [0.15, 0.2) is 0 Å². The molecule has 0 spiro atoms. The van der Waals surface area contributed by atoms with Crippen molar-refractivity contribution in [3.63, 3.8) is 0 Å². The first-order valence-electron chi connectivity index (χ1n) is 9.54. The van der Waals surface area contributed by atoms with E-state index < -0.39 is 10.0 Å². The normalized spacial score (nSPS) is 15.1. The summed E-state index contributed by atoms with van der Waals surface area (Å²) in [5.41, 5.74) is 1.02. The smallest absolute Gasteiger partial charge is 0.243 e. The Labute approximate surface area is 171 Å². The van der Waals surface area contributed by atoms with Gasteiger partial charge in [-0.25, -0.2) is 8.42 Å². The van der Waals surface area contributed by atoms with E-state index in [1.54, 1.807) is 12.1 Å². The minimum Gasteiger partial charge on any atom is -0.352 e. The van der Waals surface area contributed by atoms with E-state index in [0.717, 1.165) is 31.2 Å². The fourth-order valence-electron chi connectivity index (χ4n) is 3.44. The van der Waals surface area contributed by atoms with Gasteiger partial charge in [-0.3, -0.25) is 4.79 Å². The topological polar surface area (TPSA) is 66.5 Å². The summed E-state index contributed by atoms with van der Waals surface area (Å²) in [7, 11) is -3.80. The molecule has 1 N–H and O–H groups in total. The molecule has 0 heterocycles. The number of rotatable bonds is 8. The Kier molecular flexibility index (Phi) is 7.10. The summed E-state index contributed by atoms with van der Waals surface area (Å²) < 4.78 is 27.5. The molecule has 1 aliphatic carbocycles. The van der Waals surface area contributed by atoms with Gasteiger partial charge in [0.25, 0.3) is 0 Å². The molecule has 5 nitrogen and oxygen atoms in total. The van der Waals surface area contributed by atoms with Crippen molar-refractivity contribution in [1.82, 2.24) is 9.62 Å². The second kappa shape index (κ2) is 9.54. The quantitative estimate of drug-likeness (QED) is 0.709. The van der Waals surface area contributed by atoms with E-state index in [9.17, 15) is 13.2 Å². The van der Waals surface area contributed by atoms with E-state index in [-0.39, 0.29) is 29.9 Å². The molecule has 3 rings (SSSR count). The Balaban J connectivity index is 1.76. The van der Waals surface area contributed by atoms with Gasteiger partial charge in [-0.05, 0) is 49.1 Å². The third kappa shape index (κ3) is 5.56. The van der Waals surface area contributed by atoms with Gasteiger partial charge >= 0.3 is 0 Å². The number of amides is 1. The second-order valence-corrected chi connectivity index (χ2v) is 9.45. The maximum atomic E-state index is 13.1. The minimum atomic E-state index is -3.80. The number of sulfonamides is 1. The third-order valence-electron chi connectivity index (χ3n) is 4.98. The highest BCUT2D eigenvalue weighted by atomic mass is 35.5. The van der Waals surface area contributed by atoms with Crippen molar-refractivity contribution in [2.45, 2.75) is 43.0 Å². The standard InChI is InChI=1S/C21H25ClN2O3S/c22-18-10-12-20(13-11-18)28(26,27)24(15-14-17-6-2-1-3-7-17)16-21(25)23-19-8-4-5-9-19/h1-3,6-7,10-13,19H,4-5,8-9,14-16H2,(H,23,25). The van der Waals surface area contributed by atoms with Crippen molar-refractivity contribution in [1.29, 1.82) is 0 Å². The van der Waals surface area contributed by atoms with Crippen LogP contribution in [0, 0.1) is 0 Å². The van der Waals surface area contributed by atoms with E-state index in [4.69, 9.17) is 11.6 Å². The summed E-state index contributed by atoms with van der Waals surface area (Å²) in [5, 5.41) is 3.44. The van der Waals surface area contributed by atoms with Crippen LogP contribution in [0.15, 0.2) is 59.5 Å². The Morgan fingerprint density at radius 3 is 2.32 bits per heavy atom. The van der Waals surface area contributed by atoms with E-state index >= 15 is 0 Å². The average molecular weight is 421 g/mol. The lowest BCUT2D eigenvalue weighted by Crippen LogP contribution is -2.44. The molecule has 0 atom stereocenters. The summed E-state index contributed by atoms with van der Waals surface area (Å²) in [6.07, 6.45) is 4.65. The average Bonchev–Trinajstić information content (AvgIpc) is 3.19. The zero-order valence-electron chi connectivity index (χ0n) is 15.7. The van der Waals surface area contributed by atoms with Crippen LogP contribution in [-0.4, -0.2) is 37.8 Å². The van der Waals surface area contributed by atoms with E-state index in [1.165, 1.54) is 16.4 Å². The Bertz CT molecular complexity index is 880. The van der Waals surface area contributed by atoms with Gasteiger partial charge in [-0.15, -0.1) is 0 Å². The second-order valence-electron chi connectivity index (χ2n) is 7.08. The van der Waals surface area contributed by atoms with Crippen molar-refractivity contribution in [3.05, 3.63) is 65.2 Å². The first-order chi connectivity index (χ1) is 13.4. The van der Waals surface area contributed by atoms with Crippen molar-refractivity contribution < 1.29 is 13.2 Å². The number of hydrogen-bond acceptors (Lipinski definition) is 3. The van der Waals surface area contributed by atoms with Crippen LogP contribution in [0.4, 0.5) is 0 Å². The fraction of sp³-hybridized carbons (Fsp3) is 0.381. The lowest BCUT2D eigenvalue weighted by atomic mass is 10.1. The van der Waals surface area contributed by atoms with Crippen LogP contribution in [0.25, 0.3) is 0 Å². The zero-order chi connectivity index (χ0) is 20.0. The summed E-state index contributed by atoms with van der Waals surface area (Å²) >= 11 is 5.89. The maximum absolute atomic E-state index is 13.1. The highest BCUT2D eigenvalue weighted by molar-refractivity contribution is 7.89. The molecule has 1 amide bonds. The Morgan fingerprint density at radius 1 is 1.04 bits per heavy atom. The molecule has 1 aliphatic rings. The molecule has 0 aliphatic heterocycles. The maximum Gasteiger partial charge on any atom is 0.243 e. The van der Waals surface area contributed by atoms with Crippen LogP contribution in [0.3, 0.4) is 0 Å². The predicted molar refractivity (Wildman–Crippen MR) is 111 cm³/mol. The van der Waals surface area contributed by atoms with E-state index in [2.05, 4.69) is 5.32 Å². The molecule has 2 aromatic carbocycles. The van der Waals surface area contributed by atoms with Gasteiger partial charge in [0.05, 0.1) is 11.4 Å². The molecular formula is C21H25ClN2O3S. The molecule has 150 valence electrons. The molecule has 0 radical (unpaired) electrons. The van der Waals surface area contributed by atoms with Crippen LogP contribution in [-0.2, 0) is 21.2 Å². The van der Waals surface area contributed by atoms with Crippen molar-refractivity contribution in [3.8, 4) is 0 Å². The highest BCUT2D eigenvalue weighted by Gasteiger charge is 2.27. The Hall–Kier alpha value is -1.89. The first kappa shape index (κ1) is 20.8. The summed E-state index contributed by atoms with van der Waals surface area (Å²) in [6, 6.07) is 15.8. The van der Waals surface area contributed by atoms with Crippen molar-refractivity contribution in [2.75, 3.05) is 13.1 Å². The number of halogens is 1. The monoisotopic (exact) mass is 420 g/mol. The molecular weight excluding hydrogens is 396 g/mol. The molecule has 0 unspecified atom stereocenters. The predicted octanol–water partition coefficient (Wildman–Crippen LogP) is 3.63. The summed E-state index contributed by atoms with van der Waals surface area (Å²) in [5.74, 6) is -0.252. The number of nitrogens with zero attached hydrogens (tertiary/aromatic N) is 1. The van der Waals surface area contributed by atoms with Gasteiger partial charge in [0.2, 0.25) is 15.9 Å². The van der Waals surface area contributed by atoms with Gasteiger partial charge < -0.3 is 5.32 Å². The number of hydrogen-bond donors (Lipinski definition) is 1. The zero-order valence-corrected chi connectivity index (χ0v) is 17.3. The molecule has 0 aromatic heterocycles. The highest BCUT2D eigenvalue weighted by Crippen LogP contribution is 2.20. The number of benzene rings is 2. The largest absolute Gasteiger partial charge is 0.352 e. The fourth-order valence-corrected chi connectivity index (χ4v) is 4.96. The van der Waals surface area contributed by atoms with Crippen LogP contribution in [0.2, 0.25) is 5.02 Å². The molecule has 1 saturated carbocycles. The van der Waals surface area contributed by atoms with Crippen molar-refractivity contribution in [2.24, 2.45) is 0 Å². The SMILES string of the molecule is O=C(CN(CCc1ccccc1)S(=O)(=O)c1ccc(Cl)cc1)NC1CCCC1.